The standard InChI is InChI=1S/C24H20Cl2N4O/c1-14-5-4-6-17(11-14)23-28-22(24(31)27-21-12-18(25)9-7-16(21)3)29-30(23)19-10-8-15(2)20(26)13-19/h4-13H,1-3H3,(H,27,31). The van der Waals surface area contributed by atoms with Gasteiger partial charge in [-0.2, -0.15) is 0 Å². The largest absolute Gasteiger partial charge is 0.319 e. The van der Waals surface area contributed by atoms with Gasteiger partial charge in [0.1, 0.15) is 0 Å². The average Bonchev–Trinajstić information content (AvgIpc) is 3.18. The lowest BCUT2D eigenvalue weighted by atomic mass is 10.1. The van der Waals surface area contributed by atoms with E-state index >= 15 is 0 Å². The Morgan fingerprint density at radius 1 is 0.935 bits per heavy atom. The maximum atomic E-state index is 13.0. The van der Waals surface area contributed by atoms with Crippen molar-refractivity contribution in [1.29, 1.82) is 0 Å². The Hall–Kier alpha value is -3.15. The molecule has 0 unspecified atom stereocenters. The van der Waals surface area contributed by atoms with Crippen molar-refractivity contribution < 1.29 is 4.79 Å². The van der Waals surface area contributed by atoms with Crippen molar-refractivity contribution >= 4 is 34.8 Å². The molecule has 1 N–H and O–H groups in total. The van der Waals surface area contributed by atoms with Gasteiger partial charge in [-0.25, -0.2) is 9.67 Å². The SMILES string of the molecule is Cc1cccc(-c2nc(C(=O)Nc3cc(Cl)ccc3C)nn2-c2ccc(C)c(Cl)c2)c1. The molecule has 7 heteroatoms. The van der Waals surface area contributed by atoms with Crippen molar-refractivity contribution in [3.63, 3.8) is 0 Å². The summed E-state index contributed by atoms with van der Waals surface area (Å²) in [7, 11) is 0. The molecule has 31 heavy (non-hydrogen) atoms. The Morgan fingerprint density at radius 3 is 2.45 bits per heavy atom. The third kappa shape index (κ3) is 4.48. The fourth-order valence-electron chi connectivity index (χ4n) is 3.18. The van der Waals surface area contributed by atoms with E-state index in [9.17, 15) is 4.79 Å². The Balaban J connectivity index is 1.80. The van der Waals surface area contributed by atoms with Crippen LogP contribution in [0.25, 0.3) is 17.1 Å². The number of anilines is 1. The Morgan fingerprint density at radius 2 is 1.71 bits per heavy atom. The molecule has 3 aromatic carbocycles. The Kier molecular flexibility index (Phi) is 5.81. The first-order valence-electron chi connectivity index (χ1n) is 9.70. The van der Waals surface area contributed by atoms with E-state index in [0.717, 1.165) is 27.9 Å². The summed E-state index contributed by atoms with van der Waals surface area (Å²) < 4.78 is 1.64. The molecule has 0 aliphatic carbocycles. The van der Waals surface area contributed by atoms with Crippen LogP contribution in [0.4, 0.5) is 5.69 Å². The molecule has 4 rings (SSSR count). The molecular formula is C24H20Cl2N4O. The van der Waals surface area contributed by atoms with Crippen molar-refractivity contribution in [1.82, 2.24) is 14.8 Å². The molecule has 1 heterocycles. The lowest BCUT2D eigenvalue weighted by molar-refractivity contribution is 0.101. The van der Waals surface area contributed by atoms with Crippen LogP contribution >= 0.6 is 23.2 Å². The second kappa shape index (κ2) is 8.53. The number of aryl methyl sites for hydroxylation is 3. The number of carbonyl (C=O) groups is 1. The van der Waals surface area contributed by atoms with Crippen molar-refractivity contribution in [2.24, 2.45) is 0 Å². The third-order valence-electron chi connectivity index (χ3n) is 4.93. The van der Waals surface area contributed by atoms with Gasteiger partial charge in [-0.05, 0) is 62.2 Å². The molecule has 156 valence electrons. The minimum absolute atomic E-state index is 0.0487. The van der Waals surface area contributed by atoms with Gasteiger partial charge in [-0.3, -0.25) is 4.79 Å². The minimum Gasteiger partial charge on any atom is -0.319 e. The summed E-state index contributed by atoms with van der Waals surface area (Å²) in [5.74, 6) is 0.181. The molecule has 1 amide bonds. The lowest BCUT2D eigenvalue weighted by Crippen LogP contribution is -2.15. The van der Waals surface area contributed by atoms with Crippen LogP contribution in [0.5, 0.6) is 0 Å². The lowest BCUT2D eigenvalue weighted by Gasteiger charge is -2.08. The molecule has 0 saturated carbocycles. The van der Waals surface area contributed by atoms with Gasteiger partial charge >= 0.3 is 0 Å². The second-order valence-corrected chi connectivity index (χ2v) is 8.23. The maximum absolute atomic E-state index is 13.0. The van der Waals surface area contributed by atoms with Crippen LogP contribution in [0.1, 0.15) is 27.3 Å². The van der Waals surface area contributed by atoms with Crippen LogP contribution in [-0.2, 0) is 0 Å². The summed E-state index contributed by atoms with van der Waals surface area (Å²) in [5.41, 5.74) is 5.11. The average molecular weight is 451 g/mol. The van der Waals surface area contributed by atoms with Crippen LogP contribution in [0, 0.1) is 20.8 Å². The number of hydrogen-bond acceptors (Lipinski definition) is 3. The highest BCUT2D eigenvalue weighted by Gasteiger charge is 2.20. The highest BCUT2D eigenvalue weighted by molar-refractivity contribution is 6.31. The van der Waals surface area contributed by atoms with E-state index in [0.29, 0.717) is 21.6 Å². The smallest absolute Gasteiger partial charge is 0.295 e. The topological polar surface area (TPSA) is 59.8 Å². The minimum atomic E-state index is -0.420. The number of halogens is 2. The van der Waals surface area contributed by atoms with E-state index in [1.54, 1.807) is 16.8 Å². The normalized spacial score (nSPS) is 10.9. The molecule has 0 aliphatic heterocycles. The zero-order chi connectivity index (χ0) is 22.1. The molecule has 5 nitrogen and oxygen atoms in total. The first-order chi connectivity index (χ1) is 14.8. The summed E-state index contributed by atoms with van der Waals surface area (Å²) in [6.07, 6.45) is 0. The zero-order valence-electron chi connectivity index (χ0n) is 17.3. The summed E-state index contributed by atoms with van der Waals surface area (Å²) >= 11 is 12.4. The van der Waals surface area contributed by atoms with E-state index in [1.165, 1.54) is 0 Å². The van der Waals surface area contributed by atoms with E-state index < -0.39 is 5.91 Å². The van der Waals surface area contributed by atoms with Gasteiger partial charge in [-0.15, -0.1) is 5.10 Å². The monoisotopic (exact) mass is 450 g/mol. The van der Waals surface area contributed by atoms with Gasteiger partial charge in [0.2, 0.25) is 5.82 Å². The first kappa shape index (κ1) is 21.1. The second-order valence-electron chi connectivity index (χ2n) is 7.39. The van der Waals surface area contributed by atoms with E-state index in [4.69, 9.17) is 23.2 Å². The molecule has 4 aromatic rings. The van der Waals surface area contributed by atoms with Crippen LogP contribution < -0.4 is 5.32 Å². The molecular weight excluding hydrogens is 431 g/mol. The summed E-state index contributed by atoms with van der Waals surface area (Å²) in [4.78, 5) is 17.5. The highest BCUT2D eigenvalue weighted by Crippen LogP contribution is 2.26. The van der Waals surface area contributed by atoms with E-state index in [-0.39, 0.29) is 5.82 Å². The van der Waals surface area contributed by atoms with Crippen molar-refractivity contribution in [2.75, 3.05) is 5.32 Å². The predicted molar refractivity (Wildman–Crippen MR) is 125 cm³/mol. The fourth-order valence-corrected chi connectivity index (χ4v) is 3.53. The molecule has 0 spiro atoms. The van der Waals surface area contributed by atoms with Crippen molar-refractivity contribution in [3.05, 3.63) is 93.2 Å². The molecule has 0 fully saturated rings. The quantitative estimate of drug-likeness (QED) is 0.390. The van der Waals surface area contributed by atoms with Gasteiger partial charge < -0.3 is 5.32 Å². The molecule has 0 saturated heterocycles. The molecule has 0 atom stereocenters. The number of carbonyl (C=O) groups excluding carboxylic acids is 1. The Labute approximate surface area is 190 Å². The number of nitrogens with one attached hydrogen (secondary N) is 1. The van der Waals surface area contributed by atoms with Gasteiger partial charge in [-0.1, -0.05) is 59.1 Å². The van der Waals surface area contributed by atoms with Gasteiger partial charge in [0.15, 0.2) is 5.82 Å². The summed E-state index contributed by atoms with van der Waals surface area (Å²) in [6.45, 7) is 5.83. The number of hydrogen-bond donors (Lipinski definition) is 1. The number of rotatable bonds is 4. The third-order valence-corrected chi connectivity index (χ3v) is 5.58. The fraction of sp³-hybridized carbons (Fsp3) is 0.125. The molecule has 1 aromatic heterocycles. The van der Waals surface area contributed by atoms with E-state index in [1.807, 2.05) is 69.3 Å². The molecule has 0 radical (unpaired) electrons. The van der Waals surface area contributed by atoms with Crippen molar-refractivity contribution in [2.45, 2.75) is 20.8 Å². The summed E-state index contributed by atoms with van der Waals surface area (Å²) in [6, 6.07) is 18.8. The van der Waals surface area contributed by atoms with Gasteiger partial charge in [0.05, 0.1) is 5.69 Å². The highest BCUT2D eigenvalue weighted by atomic mass is 35.5. The first-order valence-corrected chi connectivity index (χ1v) is 10.5. The zero-order valence-corrected chi connectivity index (χ0v) is 18.8. The van der Waals surface area contributed by atoms with Gasteiger partial charge in [0, 0.05) is 21.3 Å². The van der Waals surface area contributed by atoms with Gasteiger partial charge in [0.25, 0.3) is 5.91 Å². The number of nitrogens with zero attached hydrogens (tertiary/aromatic N) is 3. The predicted octanol–water partition coefficient (Wildman–Crippen LogP) is 6.42. The van der Waals surface area contributed by atoms with Crippen molar-refractivity contribution in [3.8, 4) is 17.1 Å². The van der Waals surface area contributed by atoms with Crippen LogP contribution in [0.15, 0.2) is 60.7 Å². The molecule has 0 bridgehead atoms. The summed E-state index contributed by atoms with van der Waals surface area (Å²) in [5, 5.41) is 8.51. The van der Waals surface area contributed by atoms with Crippen LogP contribution in [-0.4, -0.2) is 20.7 Å². The van der Waals surface area contributed by atoms with Crippen LogP contribution in [0.2, 0.25) is 10.0 Å². The van der Waals surface area contributed by atoms with E-state index in [2.05, 4.69) is 15.4 Å². The number of aromatic nitrogens is 3. The molecule has 0 aliphatic rings. The maximum Gasteiger partial charge on any atom is 0.295 e. The Bertz CT molecular complexity index is 1300. The number of benzene rings is 3. The number of amides is 1. The van der Waals surface area contributed by atoms with Crippen LogP contribution in [0.3, 0.4) is 0 Å².